The number of carbonyl (C=O) groups excluding carboxylic acids is 1. The van der Waals surface area contributed by atoms with Gasteiger partial charge in [0.25, 0.3) is 11.9 Å². The highest BCUT2D eigenvalue weighted by Crippen LogP contribution is 2.23. The number of aromatic amines is 1. The van der Waals surface area contributed by atoms with Gasteiger partial charge < -0.3 is 9.47 Å². The maximum Gasteiger partial charge on any atom is 0.291 e. The largest absolute Gasteiger partial charge is 0.326 e. The van der Waals surface area contributed by atoms with Crippen molar-refractivity contribution in [3.8, 4) is 5.95 Å². The summed E-state index contributed by atoms with van der Waals surface area (Å²) in [6.45, 7) is 2.96. The number of hydrogen-bond acceptors (Lipinski definition) is 7. The summed E-state index contributed by atoms with van der Waals surface area (Å²) in [5, 5.41) is 22.9. The fraction of sp³-hybridized carbons (Fsp3) is 0.278. The fourth-order valence-corrected chi connectivity index (χ4v) is 3.58. The van der Waals surface area contributed by atoms with Crippen LogP contribution in [0.4, 0.5) is 0 Å². The van der Waals surface area contributed by atoms with Gasteiger partial charge in [0.15, 0.2) is 5.82 Å². The summed E-state index contributed by atoms with van der Waals surface area (Å²) in [5.41, 5.74) is 1.18. The average Bonchev–Trinajstić information content (AvgIpc) is 3.49. The molecule has 0 bridgehead atoms. The molecule has 0 aliphatic carbocycles. The number of hydrogen-bond donors (Lipinski definition) is 1. The van der Waals surface area contributed by atoms with Gasteiger partial charge in [-0.1, -0.05) is 30.3 Å². The van der Waals surface area contributed by atoms with Crippen LogP contribution in [0.3, 0.4) is 0 Å². The van der Waals surface area contributed by atoms with Gasteiger partial charge in [0, 0.05) is 13.0 Å². The van der Waals surface area contributed by atoms with Crippen LogP contribution < -0.4 is 0 Å². The molecule has 4 aromatic rings. The second-order valence-corrected chi connectivity index (χ2v) is 6.95. The molecule has 146 valence electrons. The number of nitrogens with zero attached hydrogens (tertiary/aromatic N) is 9. The topological polar surface area (TPSA) is 123 Å². The Morgan fingerprint density at radius 2 is 1.97 bits per heavy atom. The first-order valence-electron chi connectivity index (χ1n) is 9.22. The van der Waals surface area contributed by atoms with E-state index in [4.69, 9.17) is 0 Å². The van der Waals surface area contributed by atoms with E-state index >= 15 is 0 Å². The van der Waals surface area contributed by atoms with Crippen LogP contribution in [0.2, 0.25) is 0 Å². The van der Waals surface area contributed by atoms with Gasteiger partial charge in [-0.05, 0) is 12.5 Å². The highest BCUT2D eigenvalue weighted by Gasteiger charge is 2.31. The Morgan fingerprint density at radius 3 is 2.76 bits per heavy atom. The number of rotatable bonds is 4. The molecule has 4 heterocycles. The molecule has 0 unspecified atom stereocenters. The second-order valence-electron chi connectivity index (χ2n) is 6.95. The minimum Gasteiger partial charge on any atom is -0.326 e. The van der Waals surface area contributed by atoms with Crippen molar-refractivity contribution in [3.63, 3.8) is 0 Å². The number of fused-ring (bicyclic) bond motifs is 1. The zero-order chi connectivity index (χ0) is 19.8. The van der Waals surface area contributed by atoms with E-state index in [0.29, 0.717) is 25.5 Å². The minimum atomic E-state index is -0.234. The summed E-state index contributed by atoms with van der Waals surface area (Å²) in [4.78, 5) is 18.9. The zero-order valence-electron chi connectivity index (χ0n) is 15.7. The maximum atomic E-state index is 12.9. The predicted octanol–water partition coefficient (Wildman–Crippen LogP) is 0.785. The molecule has 0 spiro atoms. The van der Waals surface area contributed by atoms with E-state index in [1.165, 1.54) is 22.8 Å². The molecule has 11 heteroatoms. The van der Waals surface area contributed by atoms with Crippen molar-refractivity contribution in [3.05, 3.63) is 66.0 Å². The average molecular weight is 390 g/mol. The summed E-state index contributed by atoms with van der Waals surface area (Å²) >= 11 is 0. The Labute approximate surface area is 165 Å². The monoisotopic (exact) mass is 390 g/mol. The first kappa shape index (κ1) is 17.2. The number of benzene rings is 1. The molecule has 0 saturated carbocycles. The van der Waals surface area contributed by atoms with Crippen LogP contribution in [0.15, 0.2) is 43.0 Å². The van der Waals surface area contributed by atoms with Crippen molar-refractivity contribution in [2.45, 2.75) is 25.9 Å². The molecule has 0 radical (unpaired) electrons. The molecular formula is C18H18N10O. The Balaban J connectivity index is 1.36. The first-order valence-corrected chi connectivity index (χ1v) is 9.22. The van der Waals surface area contributed by atoms with Crippen LogP contribution in [0, 0.1) is 0 Å². The van der Waals surface area contributed by atoms with E-state index < -0.39 is 0 Å². The Morgan fingerprint density at radius 1 is 1.17 bits per heavy atom. The molecule has 1 aliphatic rings. The number of nitrogens with one attached hydrogen (secondary N) is 1. The molecular weight excluding hydrogens is 372 g/mol. The van der Waals surface area contributed by atoms with Gasteiger partial charge in [-0.25, -0.2) is 0 Å². The van der Waals surface area contributed by atoms with Gasteiger partial charge in [0.1, 0.15) is 18.5 Å². The number of aromatic nitrogens is 9. The summed E-state index contributed by atoms with van der Waals surface area (Å²) in [6, 6.07) is 10.2. The van der Waals surface area contributed by atoms with Gasteiger partial charge in [0.2, 0.25) is 5.82 Å². The Kier molecular flexibility index (Phi) is 4.12. The quantitative estimate of drug-likeness (QED) is 0.546. The lowest BCUT2D eigenvalue weighted by Gasteiger charge is -2.32. The van der Waals surface area contributed by atoms with Crippen LogP contribution in [0.1, 0.15) is 40.8 Å². The Bertz CT molecular complexity index is 1130. The van der Waals surface area contributed by atoms with E-state index in [-0.39, 0.29) is 17.8 Å². The van der Waals surface area contributed by atoms with Crippen molar-refractivity contribution in [2.24, 2.45) is 0 Å². The highest BCUT2D eigenvalue weighted by molar-refractivity contribution is 5.90. The van der Waals surface area contributed by atoms with Crippen molar-refractivity contribution in [1.29, 1.82) is 0 Å². The number of amides is 1. The maximum absolute atomic E-state index is 12.9. The highest BCUT2D eigenvalue weighted by atomic mass is 16.2. The van der Waals surface area contributed by atoms with Gasteiger partial charge in [-0.3, -0.25) is 14.5 Å². The van der Waals surface area contributed by atoms with Crippen LogP contribution in [0.25, 0.3) is 5.95 Å². The van der Waals surface area contributed by atoms with Crippen LogP contribution in [0.5, 0.6) is 0 Å². The third-order valence-corrected chi connectivity index (χ3v) is 4.91. The van der Waals surface area contributed by atoms with Crippen LogP contribution in [-0.2, 0) is 13.0 Å². The lowest BCUT2D eigenvalue weighted by molar-refractivity contribution is 0.0667. The normalized spacial score (nSPS) is 16.0. The molecule has 11 nitrogen and oxygen atoms in total. The van der Waals surface area contributed by atoms with Crippen LogP contribution in [-0.4, -0.2) is 62.1 Å². The van der Waals surface area contributed by atoms with E-state index in [2.05, 4.69) is 59.2 Å². The second kappa shape index (κ2) is 6.93. The molecule has 5 rings (SSSR count). The van der Waals surface area contributed by atoms with Crippen molar-refractivity contribution in [1.82, 2.24) is 49.6 Å². The van der Waals surface area contributed by atoms with Gasteiger partial charge in [-0.15, -0.1) is 25.5 Å². The SMILES string of the molecule is C[C@H]1CN(C(=O)c2nc(-n3cnnc3)n[nH]2)Cc2nnc(Cc3ccccc3)n21. The molecule has 3 aromatic heterocycles. The first-order chi connectivity index (χ1) is 14.2. The van der Waals surface area contributed by atoms with E-state index in [1.807, 2.05) is 18.2 Å². The lowest BCUT2D eigenvalue weighted by atomic mass is 10.1. The van der Waals surface area contributed by atoms with Crippen molar-refractivity contribution < 1.29 is 4.79 Å². The molecule has 0 fully saturated rings. The zero-order valence-corrected chi connectivity index (χ0v) is 15.7. The van der Waals surface area contributed by atoms with Gasteiger partial charge >= 0.3 is 0 Å². The standard InChI is InChI=1S/C18H18N10O/c1-12-8-26(17(29)16-21-18(25-24-16)27-10-19-20-11-27)9-15-23-22-14(28(12)15)7-13-5-3-2-4-6-13/h2-6,10-12H,7-9H2,1H3,(H,21,24,25)/t12-/m0/s1. The molecule has 1 N–H and O–H groups in total. The van der Waals surface area contributed by atoms with E-state index in [0.717, 1.165) is 11.6 Å². The van der Waals surface area contributed by atoms with Gasteiger partial charge in [0.05, 0.1) is 12.6 Å². The van der Waals surface area contributed by atoms with E-state index in [1.54, 1.807) is 4.90 Å². The summed E-state index contributed by atoms with van der Waals surface area (Å²) < 4.78 is 3.65. The van der Waals surface area contributed by atoms with Crippen LogP contribution >= 0.6 is 0 Å². The third-order valence-electron chi connectivity index (χ3n) is 4.91. The van der Waals surface area contributed by atoms with E-state index in [9.17, 15) is 4.79 Å². The number of H-pyrrole nitrogens is 1. The lowest BCUT2D eigenvalue weighted by Crippen LogP contribution is -2.41. The van der Waals surface area contributed by atoms with Gasteiger partial charge in [-0.2, -0.15) is 4.98 Å². The summed E-state index contributed by atoms with van der Waals surface area (Å²) in [5.74, 6) is 1.92. The summed E-state index contributed by atoms with van der Waals surface area (Å²) in [7, 11) is 0. The van der Waals surface area contributed by atoms with Crippen molar-refractivity contribution in [2.75, 3.05) is 6.54 Å². The Hall–Kier alpha value is -3.89. The molecule has 1 amide bonds. The minimum absolute atomic E-state index is 0.0525. The smallest absolute Gasteiger partial charge is 0.291 e. The summed E-state index contributed by atoms with van der Waals surface area (Å²) in [6.07, 6.45) is 3.64. The predicted molar refractivity (Wildman–Crippen MR) is 100 cm³/mol. The van der Waals surface area contributed by atoms with Crippen molar-refractivity contribution >= 4 is 5.91 Å². The number of carbonyl (C=O) groups is 1. The molecule has 0 saturated heterocycles. The molecule has 1 aromatic carbocycles. The fourth-order valence-electron chi connectivity index (χ4n) is 3.58. The molecule has 1 aliphatic heterocycles. The third kappa shape index (κ3) is 3.16. The molecule has 1 atom stereocenters. The molecule has 29 heavy (non-hydrogen) atoms.